The molecule has 0 atom stereocenters. The SMILES string of the molecule is O=C(Nc1nc2c(Cl)c(Cl)ccc2s1)c1nnc2n1CCC2. The van der Waals surface area contributed by atoms with Crippen LogP contribution in [0.5, 0.6) is 0 Å². The Morgan fingerprint density at radius 2 is 2.18 bits per heavy atom. The van der Waals surface area contributed by atoms with Gasteiger partial charge in [0.2, 0.25) is 5.82 Å². The van der Waals surface area contributed by atoms with Crippen molar-refractivity contribution in [3.8, 4) is 0 Å². The lowest BCUT2D eigenvalue weighted by atomic mass is 10.3. The number of carbonyl (C=O) groups is 1. The minimum Gasteiger partial charge on any atom is -0.307 e. The highest BCUT2D eigenvalue weighted by Gasteiger charge is 2.23. The summed E-state index contributed by atoms with van der Waals surface area (Å²) in [5, 5.41) is 12.0. The zero-order valence-corrected chi connectivity index (χ0v) is 13.5. The quantitative estimate of drug-likeness (QED) is 0.766. The molecule has 22 heavy (non-hydrogen) atoms. The van der Waals surface area contributed by atoms with E-state index < -0.39 is 0 Å². The maximum absolute atomic E-state index is 12.3. The Morgan fingerprint density at radius 1 is 1.32 bits per heavy atom. The molecule has 0 spiro atoms. The standard InChI is InChI=1S/C13H9Cl2N5OS/c14-6-3-4-7-10(9(6)15)16-13(22-7)17-12(21)11-19-18-8-2-1-5-20(8)11/h3-4H,1-2,5H2,(H,16,17,21). The molecule has 6 nitrogen and oxygen atoms in total. The number of rotatable bonds is 2. The van der Waals surface area contributed by atoms with Crippen LogP contribution in [0.3, 0.4) is 0 Å². The van der Waals surface area contributed by atoms with Gasteiger partial charge in [0, 0.05) is 13.0 Å². The summed E-state index contributed by atoms with van der Waals surface area (Å²) in [6, 6.07) is 3.53. The summed E-state index contributed by atoms with van der Waals surface area (Å²) in [4.78, 5) is 16.7. The molecule has 1 aliphatic heterocycles. The highest BCUT2D eigenvalue weighted by atomic mass is 35.5. The fraction of sp³-hybridized carbons (Fsp3) is 0.231. The Morgan fingerprint density at radius 3 is 3.05 bits per heavy atom. The largest absolute Gasteiger partial charge is 0.307 e. The first-order valence-corrected chi connectivity index (χ1v) is 8.18. The predicted octanol–water partition coefficient (Wildman–Crippen LogP) is 3.39. The van der Waals surface area contributed by atoms with Crippen LogP contribution in [-0.2, 0) is 13.0 Å². The number of nitrogens with zero attached hydrogens (tertiary/aromatic N) is 4. The Labute approximate surface area is 139 Å². The minimum atomic E-state index is -0.318. The molecule has 0 saturated carbocycles. The van der Waals surface area contributed by atoms with Crippen molar-refractivity contribution >= 4 is 55.8 Å². The van der Waals surface area contributed by atoms with Crippen LogP contribution in [0.1, 0.15) is 22.9 Å². The van der Waals surface area contributed by atoms with Gasteiger partial charge in [-0.25, -0.2) is 4.98 Å². The average molecular weight is 354 g/mol. The van der Waals surface area contributed by atoms with E-state index in [1.54, 1.807) is 6.07 Å². The number of hydrogen-bond donors (Lipinski definition) is 1. The molecule has 0 fully saturated rings. The van der Waals surface area contributed by atoms with E-state index in [-0.39, 0.29) is 5.91 Å². The van der Waals surface area contributed by atoms with Gasteiger partial charge in [0.05, 0.1) is 14.7 Å². The van der Waals surface area contributed by atoms with Gasteiger partial charge in [-0.1, -0.05) is 34.5 Å². The lowest BCUT2D eigenvalue weighted by Crippen LogP contribution is -2.17. The second-order valence-corrected chi connectivity index (χ2v) is 6.69. The first kappa shape index (κ1) is 13.9. The normalized spacial score (nSPS) is 13.5. The molecule has 1 aromatic carbocycles. The van der Waals surface area contributed by atoms with Gasteiger partial charge >= 0.3 is 0 Å². The second-order valence-electron chi connectivity index (χ2n) is 4.88. The summed E-state index contributed by atoms with van der Waals surface area (Å²) < 4.78 is 2.70. The molecule has 4 rings (SSSR count). The average Bonchev–Trinajstić information content (AvgIpc) is 3.17. The first-order valence-electron chi connectivity index (χ1n) is 6.61. The molecule has 1 aliphatic rings. The molecule has 0 aliphatic carbocycles. The van der Waals surface area contributed by atoms with Crippen molar-refractivity contribution in [3.63, 3.8) is 0 Å². The number of fused-ring (bicyclic) bond motifs is 2. The van der Waals surface area contributed by atoms with Crippen molar-refractivity contribution < 1.29 is 4.79 Å². The zero-order chi connectivity index (χ0) is 15.3. The third-order valence-electron chi connectivity index (χ3n) is 3.49. The molecule has 3 aromatic rings. The van der Waals surface area contributed by atoms with Crippen molar-refractivity contribution in [1.82, 2.24) is 19.7 Å². The molecular weight excluding hydrogens is 345 g/mol. The Kier molecular flexibility index (Phi) is 3.28. The molecule has 2 aromatic heterocycles. The number of carbonyl (C=O) groups excluding carboxylic acids is 1. The molecule has 0 saturated heterocycles. The van der Waals surface area contributed by atoms with E-state index in [1.165, 1.54) is 11.3 Å². The van der Waals surface area contributed by atoms with Crippen LogP contribution >= 0.6 is 34.5 Å². The van der Waals surface area contributed by atoms with Gasteiger partial charge in [-0.2, -0.15) is 0 Å². The van der Waals surface area contributed by atoms with Gasteiger partial charge < -0.3 is 4.57 Å². The fourth-order valence-electron chi connectivity index (χ4n) is 2.46. The van der Waals surface area contributed by atoms with Crippen molar-refractivity contribution in [3.05, 3.63) is 33.8 Å². The van der Waals surface area contributed by atoms with Crippen LogP contribution in [0.15, 0.2) is 12.1 Å². The molecule has 0 radical (unpaired) electrons. The molecule has 9 heteroatoms. The number of thiazole rings is 1. The van der Waals surface area contributed by atoms with Crippen LogP contribution in [0.2, 0.25) is 10.0 Å². The number of aryl methyl sites for hydroxylation is 1. The molecule has 1 N–H and O–H groups in total. The summed E-state index contributed by atoms with van der Waals surface area (Å²) in [6.45, 7) is 0.770. The number of halogens is 2. The van der Waals surface area contributed by atoms with Gasteiger partial charge in [0.25, 0.3) is 5.91 Å². The van der Waals surface area contributed by atoms with Crippen LogP contribution in [0, 0.1) is 0 Å². The van der Waals surface area contributed by atoms with E-state index in [4.69, 9.17) is 23.2 Å². The van der Waals surface area contributed by atoms with Crippen molar-refractivity contribution in [2.24, 2.45) is 0 Å². The Bertz CT molecular complexity index is 903. The number of benzene rings is 1. The molecule has 1 amide bonds. The van der Waals surface area contributed by atoms with Crippen molar-refractivity contribution in [2.75, 3.05) is 5.32 Å². The van der Waals surface area contributed by atoms with E-state index in [0.717, 1.165) is 29.9 Å². The number of nitrogens with one attached hydrogen (secondary N) is 1. The smallest absolute Gasteiger partial charge is 0.295 e. The Hall–Kier alpha value is -1.70. The summed E-state index contributed by atoms with van der Waals surface area (Å²) in [7, 11) is 0. The summed E-state index contributed by atoms with van der Waals surface area (Å²) >= 11 is 13.4. The van der Waals surface area contributed by atoms with Gasteiger partial charge in [-0.3, -0.25) is 10.1 Å². The van der Waals surface area contributed by atoms with E-state index >= 15 is 0 Å². The van der Waals surface area contributed by atoms with Gasteiger partial charge in [-0.05, 0) is 18.6 Å². The monoisotopic (exact) mass is 353 g/mol. The van der Waals surface area contributed by atoms with E-state index in [0.29, 0.717) is 26.5 Å². The van der Waals surface area contributed by atoms with Crippen LogP contribution < -0.4 is 5.32 Å². The van der Waals surface area contributed by atoms with Crippen LogP contribution in [0.4, 0.5) is 5.13 Å². The zero-order valence-electron chi connectivity index (χ0n) is 11.1. The summed E-state index contributed by atoms with van der Waals surface area (Å²) in [5.41, 5.74) is 0.584. The molecule has 0 unspecified atom stereocenters. The molecular formula is C13H9Cl2N5OS. The Balaban J connectivity index is 1.65. The number of aromatic nitrogens is 4. The fourth-order valence-corrected chi connectivity index (χ4v) is 3.75. The van der Waals surface area contributed by atoms with Crippen molar-refractivity contribution in [2.45, 2.75) is 19.4 Å². The van der Waals surface area contributed by atoms with Crippen LogP contribution in [0.25, 0.3) is 10.2 Å². The second kappa shape index (κ2) is 5.19. The molecule has 112 valence electrons. The molecule has 0 bridgehead atoms. The number of hydrogen-bond acceptors (Lipinski definition) is 5. The number of anilines is 1. The highest BCUT2D eigenvalue weighted by molar-refractivity contribution is 7.22. The van der Waals surface area contributed by atoms with Crippen LogP contribution in [-0.4, -0.2) is 25.7 Å². The van der Waals surface area contributed by atoms with Gasteiger partial charge in [0.1, 0.15) is 11.3 Å². The number of amides is 1. The minimum absolute atomic E-state index is 0.316. The molecule has 3 heterocycles. The predicted molar refractivity (Wildman–Crippen MR) is 85.9 cm³/mol. The van der Waals surface area contributed by atoms with Crippen molar-refractivity contribution in [1.29, 1.82) is 0 Å². The third-order valence-corrected chi connectivity index (χ3v) is 5.22. The summed E-state index contributed by atoms with van der Waals surface area (Å²) in [6.07, 6.45) is 1.84. The third kappa shape index (κ3) is 2.16. The van der Waals surface area contributed by atoms with E-state index in [1.807, 2.05) is 10.6 Å². The maximum atomic E-state index is 12.3. The summed E-state index contributed by atoms with van der Waals surface area (Å²) in [5.74, 6) is 0.849. The van der Waals surface area contributed by atoms with Gasteiger partial charge in [0.15, 0.2) is 5.13 Å². The van der Waals surface area contributed by atoms with Gasteiger partial charge in [-0.15, -0.1) is 10.2 Å². The van der Waals surface area contributed by atoms with E-state index in [9.17, 15) is 4.79 Å². The topological polar surface area (TPSA) is 72.7 Å². The lowest BCUT2D eigenvalue weighted by Gasteiger charge is -2.01. The van der Waals surface area contributed by atoms with E-state index in [2.05, 4.69) is 20.5 Å². The lowest BCUT2D eigenvalue weighted by molar-refractivity contribution is 0.101. The highest BCUT2D eigenvalue weighted by Crippen LogP contribution is 2.35. The first-order chi connectivity index (χ1) is 10.6. The maximum Gasteiger partial charge on any atom is 0.295 e.